The van der Waals surface area contributed by atoms with Gasteiger partial charge in [0, 0.05) is 11.3 Å². The van der Waals surface area contributed by atoms with Gasteiger partial charge in [0.15, 0.2) is 0 Å². The number of ether oxygens (including phenoxy) is 1. The molecule has 0 fully saturated rings. The van der Waals surface area contributed by atoms with Crippen molar-refractivity contribution in [1.82, 2.24) is 9.78 Å². The van der Waals surface area contributed by atoms with Crippen LogP contribution in [0.4, 0.5) is 0 Å². The van der Waals surface area contributed by atoms with Crippen LogP contribution >= 0.6 is 0 Å². The second kappa shape index (κ2) is 4.84. The first-order valence-corrected chi connectivity index (χ1v) is 6.63. The van der Waals surface area contributed by atoms with E-state index in [1.54, 1.807) is 0 Å². The van der Waals surface area contributed by atoms with Crippen molar-refractivity contribution in [1.29, 1.82) is 0 Å². The molecule has 0 bridgehead atoms. The van der Waals surface area contributed by atoms with E-state index >= 15 is 0 Å². The molecule has 0 aliphatic carbocycles. The number of nitrogens with zero attached hydrogens (tertiary/aromatic N) is 2. The normalized spacial score (nSPS) is 15.4. The summed E-state index contributed by atoms with van der Waals surface area (Å²) >= 11 is 0. The summed E-state index contributed by atoms with van der Waals surface area (Å²) in [6.07, 6.45) is 4.69. The van der Waals surface area contributed by atoms with E-state index in [9.17, 15) is 0 Å². The average Bonchev–Trinajstić information content (AvgIpc) is 2.67. The van der Waals surface area contributed by atoms with Crippen molar-refractivity contribution in [3.05, 3.63) is 41.6 Å². The van der Waals surface area contributed by atoms with Gasteiger partial charge in [0.1, 0.15) is 0 Å². The average molecular weight is 242 g/mol. The molecular weight excluding hydrogens is 224 g/mol. The molecule has 3 nitrogen and oxygen atoms in total. The molecule has 0 atom stereocenters. The van der Waals surface area contributed by atoms with Crippen molar-refractivity contribution in [2.24, 2.45) is 0 Å². The van der Waals surface area contributed by atoms with Gasteiger partial charge in [0.05, 0.1) is 12.3 Å². The third-order valence-electron chi connectivity index (χ3n) is 3.51. The van der Waals surface area contributed by atoms with Gasteiger partial charge >= 0.3 is 0 Å². The van der Waals surface area contributed by atoms with Gasteiger partial charge in [-0.05, 0) is 44.7 Å². The first-order valence-electron chi connectivity index (χ1n) is 6.63. The summed E-state index contributed by atoms with van der Waals surface area (Å²) in [6, 6.07) is 10.2. The first-order chi connectivity index (χ1) is 8.86. The SMILES string of the molecule is Cc1c2c(nn1-c1ccccc1)OCCCCC2. The topological polar surface area (TPSA) is 27.1 Å². The third kappa shape index (κ3) is 2.01. The Labute approximate surface area is 107 Å². The Hall–Kier alpha value is -1.77. The fraction of sp³-hybridized carbons (Fsp3) is 0.400. The van der Waals surface area contributed by atoms with E-state index in [0.717, 1.165) is 31.0 Å². The van der Waals surface area contributed by atoms with Crippen molar-refractivity contribution in [2.75, 3.05) is 6.61 Å². The molecule has 3 rings (SSSR count). The molecule has 0 unspecified atom stereocenters. The molecule has 0 spiro atoms. The molecule has 2 heterocycles. The lowest BCUT2D eigenvalue weighted by Gasteiger charge is -2.09. The maximum atomic E-state index is 5.78. The molecule has 2 aromatic rings. The molecule has 1 aromatic carbocycles. The van der Waals surface area contributed by atoms with Gasteiger partial charge < -0.3 is 4.74 Å². The van der Waals surface area contributed by atoms with Crippen LogP contribution in [0.5, 0.6) is 5.88 Å². The van der Waals surface area contributed by atoms with Gasteiger partial charge in [-0.1, -0.05) is 18.2 Å². The van der Waals surface area contributed by atoms with Crippen LogP contribution in [-0.2, 0) is 6.42 Å². The van der Waals surface area contributed by atoms with E-state index in [4.69, 9.17) is 4.74 Å². The van der Waals surface area contributed by atoms with Crippen LogP contribution in [0.2, 0.25) is 0 Å². The number of hydrogen-bond acceptors (Lipinski definition) is 2. The van der Waals surface area contributed by atoms with E-state index in [-0.39, 0.29) is 0 Å². The number of aromatic nitrogens is 2. The van der Waals surface area contributed by atoms with Crippen LogP contribution in [0.1, 0.15) is 30.5 Å². The zero-order valence-electron chi connectivity index (χ0n) is 10.7. The summed E-state index contributed by atoms with van der Waals surface area (Å²) in [6.45, 7) is 2.92. The molecule has 3 heteroatoms. The van der Waals surface area contributed by atoms with Crippen molar-refractivity contribution in [3.8, 4) is 11.6 Å². The fourth-order valence-corrected chi connectivity index (χ4v) is 2.48. The molecule has 94 valence electrons. The molecule has 1 aromatic heterocycles. The van der Waals surface area contributed by atoms with Crippen molar-refractivity contribution in [2.45, 2.75) is 32.6 Å². The van der Waals surface area contributed by atoms with Crippen LogP contribution in [0, 0.1) is 6.92 Å². The highest BCUT2D eigenvalue weighted by atomic mass is 16.5. The molecule has 0 saturated heterocycles. The molecule has 18 heavy (non-hydrogen) atoms. The monoisotopic (exact) mass is 242 g/mol. The van der Waals surface area contributed by atoms with Gasteiger partial charge in [-0.2, -0.15) is 0 Å². The lowest BCUT2D eigenvalue weighted by Crippen LogP contribution is -2.03. The standard InChI is InChI=1S/C15H18N2O/c1-12-14-10-6-3-7-11-18-15(14)16-17(12)13-8-4-2-5-9-13/h2,4-5,8-9H,3,6-7,10-11H2,1H3. The summed E-state index contributed by atoms with van der Waals surface area (Å²) < 4.78 is 7.78. The van der Waals surface area contributed by atoms with Crippen LogP contribution in [0.25, 0.3) is 5.69 Å². The zero-order valence-corrected chi connectivity index (χ0v) is 10.7. The summed E-state index contributed by atoms with van der Waals surface area (Å²) in [5.74, 6) is 0.830. The smallest absolute Gasteiger partial charge is 0.236 e. The largest absolute Gasteiger partial charge is 0.476 e. The van der Waals surface area contributed by atoms with E-state index in [2.05, 4.69) is 24.2 Å². The third-order valence-corrected chi connectivity index (χ3v) is 3.51. The van der Waals surface area contributed by atoms with E-state index in [1.165, 1.54) is 24.1 Å². The maximum Gasteiger partial charge on any atom is 0.236 e. The minimum Gasteiger partial charge on any atom is -0.476 e. The summed E-state index contributed by atoms with van der Waals surface area (Å²) in [7, 11) is 0. The first kappa shape index (κ1) is 11.3. The van der Waals surface area contributed by atoms with E-state index in [1.807, 2.05) is 22.9 Å². The molecular formula is C15H18N2O. The predicted octanol–water partition coefficient (Wildman–Crippen LogP) is 3.29. The zero-order chi connectivity index (χ0) is 12.4. The Balaban J connectivity index is 2.04. The number of rotatable bonds is 1. The predicted molar refractivity (Wildman–Crippen MR) is 71.4 cm³/mol. The quantitative estimate of drug-likeness (QED) is 0.767. The fourth-order valence-electron chi connectivity index (χ4n) is 2.48. The van der Waals surface area contributed by atoms with Gasteiger partial charge in [-0.25, -0.2) is 4.68 Å². The van der Waals surface area contributed by atoms with E-state index < -0.39 is 0 Å². The summed E-state index contributed by atoms with van der Waals surface area (Å²) in [5.41, 5.74) is 3.59. The Morgan fingerprint density at radius 1 is 1.11 bits per heavy atom. The van der Waals surface area contributed by atoms with Crippen molar-refractivity contribution < 1.29 is 4.74 Å². The minimum atomic E-state index is 0.790. The van der Waals surface area contributed by atoms with E-state index in [0.29, 0.717) is 0 Å². The second-order valence-corrected chi connectivity index (χ2v) is 4.78. The molecule has 0 amide bonds. The number of benzene rings is 1. The van der Waals surface area contributed by atoms with Crippen LogP contribution < -0.4 is 4.74 Å². The molecule has 0 radical (unpaired) electrons. The molecule has 0 N–H and O–H groups in total. The molecule has 1 aliphatic heterocycles. The highest BCUT2D eigenvalue weighted by molar-refractivity contribution is 5.39. The Bertz CT molecular complexity index is 531. The lowest BCUT2D eigenvalue weighted by molar-refractivity contribution is 0.282. The molecule has 1 aliphatic rings. The highest BCUT2D eigenvalue weighted by Crippen LogP contribution is 2.27. The summed E-state index contributed by atoms with van der Waals surface area (Å²) in [4.78, 5) is 0. The van der Waals surface area contributed by atoms with Crippen molar-refractivity contribution >= 4 is 0 Å². The van der Waals surface area contributed by atoms with Crippen molar-refractivity contribution in [3.63, 3.8) is 0 Å². The summed E-state index contributed by atoms with van der Waals surface area (Å²) in [5, 5.41) is 4.62. The van der Waals surface area contributed by atoms with Gasteiger partial charge in [0.2, 0.25) is 5.88 Å². The van der Waals surface area contributed by atoms with Crippen LogP contribution in [0.3, 0.4) is 0 Å². The van der Waals surface area contributed by atoms with Gasteiger partial charge in [-0.3, -0.25) is 0 Å². The Morgan fingerprint density at radius 3 is 2.78 bits per heavy atom. The number of hydrogen-bond donors (Lipinski definition) is 0. The number of para-hydroxylation sites is 1. The lowest BCUT2D eigenvalue weighted by atomic mass is 10.1. The number of fused-ring (bicyclic) bond motifs is 1. The Morgan fingerprint density at radius 2 is 1.94 bits per heavy atom. The minimum absolute atomic E-state index is 0.790. The Kier molecular flexibility index (Phi) is 3.05. The maximum absolute atomic E-state index is 5.78. The van der Waals surface area contributed by atoms with Crippen LogP contribution in [-0.4, -0.2) is 16.4 Å². The highest BCUT2D eigenvalue weighted by Gasteiger charge is 2.17. The van der Waals surface area contributed by atoms with Crippen LogP contribution in [0.15, 0.2) is 30.3 Å². The van der Waals surface area contributed by atoms with Gasteiger partial charge in [-0.15, -0.1) is 5.10 Å². The molecule has 0 saturated carbocycles. The van der Waals surface area contributed by atoms with Gasteiger partial charge in [0.25, 0.3) is 0 Å². The second-order valence-electron chi connectivity index (χ2n) is 4.78.